The number of hydrogen-bond acceptors (Lipinski definition) is 3. The van der Waals surface area contributed by atoms with Crippen molar-refractivity contribution >= 4 is 34.5 Å². The van der Waals surface area contributed by atoms with Crippen LogP contribution in [0, 0.1) is 0 Å². The number of aryl methyl sites for hydroxylation is 1. The van der Waals surface area contributed by atoms with Gasteiger partial charge < -0.3 is 14.8 Å². The fourth-order valence-electron chi connectivity index (χ4n) is 3.93. The summed E-state index contributed by atoms with van der Waals surface area (Å²) < 4.78 is 2.22. The molecule has 0 bridgehead atoms. The second-order valence-electron chi connectivity index (χ2n) is 6.98. The van der Waals surface area contributed by atoms with Crippen LogP contribution in [0.15, 0.2) is 36.5 Å². The van der Waals surface area contributed by atoms with Gasteiger partial charge in [0.1, 0.15) is 6.04 Å². The van der Waals surface area contributed by atoms with Crippen LogP contribution in [0.4, 0.5) is 0 Å². The quantitative estimate of drug-likeness (QED) is 0.837. The van der Waals surface area contributed by atoms with Gasteiger partial charge in [-0.2, -0.15) is 0 Å². The van der Waals surface area contributed by atoms with Gasteiger partial charge >= 0.3 is 0 Å². The molecule has 2 fully saturated rings. The molecule has 2 amide bonds. The molecule has 2 aromatic rings. The average Bonchev–Trinajstić information content (AvgIpc) is 3.26. The normalized spacial score (nSPS) is 25.6. The largest absolute Gasteiger partial charge is 0.354 e. The van der Waals surface area contributed by atoms with Gasteiger partial charge in [0.05, 0.1) is 4.87 Å². The molecule has 0 radical (unpaired) electrons. The Labute approximate surface area is 151 Å². The summed E-state index contributed by atoms with van der Waals surface area (Å²) in [5, 5.41) is 4.26. The Morgan fingerprint density at radius 1 is 1.36 bits per heavy atom. The number of rotatable bonds is 5. The highest BCUT2D eigenvalue weighted by Crippen LogP contribution is 2.47. The Balaban J connectivity index is 1.30. The van der Waals surface area contributed by atoms with E-state index in [2.05, 4.69) is 41.2 Å². The number of fused-ring (bicyclic) bond motifs is 2. The van der Waals surface area contributed by atoms with E-state index in [-0.39, 0.29) is 22.7 Å². The second kappa shape index (κ2) is 6.41. The van der Waals surface area contributed by atoms with Crippen molar-refractivity contribution in [2.24, 2.45) is 0 Å². The Hall–Kier alpha value is -1.95. The molecule has 1 aromatic carbocycles. The van der Waals surface area contributed by atoms with E-state index in [1.54, 1.807) is 11.8 Å². The second-order valence-corrected chi connectivity index (χ2v) is 8.48. The minimum absolute atomic E-state index is 0.0103. The predicted molar refractivity (Wildman–Crippen MR) is 100 cm³/mol. The van der Waals surface area contributed by atoms with Gasteiger partial charge in [-0.15, -0.1) is 11.8 Å². The third-order valence-electron chi connectivity index (χ3n) is 5.30. The van der Waals surface area contributed by atoms with Gasteiger partial charge in [-0.25, -0.2) is 0 Å². The first-order valence-corrected chi connectivity index (χ1v) is 9.85. The number of carbonyl (C=O) groups is 2. The number of hydrogen-bond donors (Lipinski definition) is 1. The Bertz CT molecular complexity index is 818. The minimum atomic E-state index is -0.308. The van der Waals surface area contributed by atoms with Gasteiger partial charge in [0.2, 0.25) is 11.8 Å². The summed E-state index contributed by atoms with van der Waals surface area (Å²) in [5.74, 6) is 0.811. The van der Waals surface area contributed by atoms with Crippen LogP contribution in [0.5, 0.6) is 0 Å². The molecule has 2 aliphatic heterocycles. The van der Waals surface area contributed by atoms with E-state index in [0.29, 0.717) is 18.7 Å². The summed E-state index contributed by atoms with van der Waals surface area (Å²) in [6.45, 7) is 3.58. The third kappa shape index (κ3) is 2.92. The molecule has 2 aliphatic rings. The van der Waals surface area contributed by atoms with Gasteiger partial charge in [-0.3, -0.25) is 9.59 Å². The lowest BCUT2D eigenvalue weighted by Crippen LogP contribution is -2.50. The topological polar surface area (TPSA) is 54.3 Å². The van der Waals surface area contributed by atoms with Gasteiger partial charge in [0.15, 0.2) is 0 Å². The standard InChI is InChI=1S/C19H23N3O2S/c1-19-9-7-17(23)22(19)16(13-25-19)18(24)20-10-4-11-21-12-8-14-5-2-3-6-15(14)21/h2-3,5-6,8,12,16H,4,7,9-11,13H2,1H3,(H,20,24). The zero-order valence-corrected chi connectivity index (χ0v) is 15.2. The summed E-state index contributed by atoms with van der Waals surface area (Å²) in [5.41, 5.74) is 1.22. The monoisotopic (exact) mass is 357 g/mol. The molecule has 25 heavy (non-hydrogen) atoms. The molecule has 1 aromatic heterocycles. The van der Waals surface area contributed by atoms with E-state index in [1.807, 2.05) is 17.0 Å². The highest BCUT2D eigenvalue weighted by molar-refractivity contribution is 8.01. The number of benzene rings is 1. The smallest absolute Gasteiger partial charge is 0.243 e. The molecule has 6 heteroatoms. The number of nitrogens with zero attached hydrogens (tertiary/aromatic N) is 2. The van der Waals surface area contributed by atoms with E-state index in [9.17, 15) is 9.59 Å². The number of nitrogens with one attached hydrogen (secondary N) is 1. The van der Waals surface area contributed by atoms with E-state index in [4.69, 9.17) is 0 Å². The number of amides is 2. The minimum Gasteiger partial charge on any atom is -0.354 e. The van der Waals surface area contributed by atoms with Crippen LogP contribution in [-0.4, -0.2) is 44.5 Å². The number of para-hydroxylation sites is 1. The van der Waals surface area contributed by atoms with Crippen LogP contribution < -0.4 is 5.32 Å². The van der Waals surface area contributed by atoms with Crippen molar-refractivity contribution in [2.75, 3.05) is 12.3 Å². The van der Waals surface area contributed by atoms with Crippen molar-refractivity contribution in [3.05, 3.63) is 36.5 Å². The van der Waals surface area contributed by atoms with E-state index >= 15 is 0 Å². The lowest BCUT2D eigenvalue weighted by atomic mass is 10.2. The molecular weight excluding hydrogens is 334 g/mol. The SMILES string of the molecule is CC12CCC(=O)N1C(C(=O)NCCCn1ccc3ccccc31)CS2. The van der Waals surface area contributed by atoms with Crippen molar-refractivity contribution in [3.63, 3.8) is 0 Å². The summed E-state index contributed by atoms with van der Waals surface area (Å²) in [6, 6.07) is 10.1. The molecule has 3 heterocycles. The maximum absolute atomic E-state index is 12.5. The zero-order chi connectivity index (χ0) is 17.4. The van der Waals surface area contributed by atoms with Crippen molar-refractivity contribution < 1.29 is 9.59 Å². The highest BCUT2D eigenvalue weighted by Gasteiger charge is 2.52. The van der Waals surface area contributed by atoms with Gasteiger partial charge in [-0.1, -0.05) is 18.2 Å². The fourth-order valence-corrected chi connectivity index (χ4v) is 5.36. The first-order chi connectivity index (χ1) is 12.1. The maximum atomic E-state index is 12.5. The van der Waals surface area contributed by atoms with Crippen molar-refractivity contribution in [1.29, 1.82) is 0 Å². The Morgan fingerprint density at radius 3 is 3.08 bits per heavy atom. The molecule has 2 saturated heterocycles. The lowest BCUT2D eigenvalue weighted by Gasteiger charge is -2.29. The molecule has 0 aliphatic carbocycles. The van der Waals surface area contributed by atoms with Crippen LogP contribution in [0.3, 0.4) is 0 Å². The Morgan fingerprint density at radius 2 is 2.20 bits per heavy atom. The van der Waals surface area contributed by atoms with Crippen molar-refractivity contribution in [1.82, 2.24) is 14.8 Å². The molecular formula is C19H23N3O2S. The predicted octanol–water partition coefficient (Wildman–Crippen LogP) is 2.60. The third-order valence-corrected chi connectivity index (χ3v) is 6.81. The fraction of sp³-hybridized carbons (Fsp3) is 0.474. The summed E-state index contributed by atoms with van der Waals surface area (Å²) in [4.78, 5) is 26.3. The van der Waals surface area contributed by atoms with Crippen molar-refractivity contribution in [3.8, 4) is 0 Å². The highest BCUT2D eigenvalue weighted by atomic mass is 32.2. The van der Waals surface area contributed by atoms with E-state index < -0.39 is 0 Å². The van der Waals surface area contributed by atoms with Crippen molar-refractivity contribution in [2.45, 2.75) is 43.6 Å². The van der Waals surface area contributed by atoms with Gasteiger partial charge in [-0.05, 0) is 37.3 Å². The van der Waals surface area contributed by atoms with Crippen LogP contribution in [0.1, 0.15) is 26.2 Å². The summed E-state index contributed by atoms with van der Waals surface area (Å²) in [7, 11) is 0. The van der Waals surface area contributed by atoms with Crippen LogP contribution in [0.25, 0.3) is 10.9 Å². The summed E-state index contributed by atoms with van der Waals surface area (Å²) in [6.07, 6.45) is 4.37. The van der Waals surface area contributed by atoms with E-state index in [1.165, 1.54) is 10.9 Å². The van der Waals surface area contributed by atoms with Gasteiger partial charge in [0, 0.05) is 37.0 Å². The number of aromatic nitrogens is 1. The molecule has 0 saturated carbocycles. The molecule has 1 N–H and O–H groups in total. The molecule has 4 rings (SSSR count). The molecule has 132 valence electrons. The lowest BCUT2D eigenvalue weighted by molar-refractivity contribution is -0.137. The summed E-state index contributed by atoms with van der Waals surface area (Å²) >= 11 is 1.73. The molecule has 2 unspecified atom stereocenters. The van der Waals surface area contributed by atoms with Crippen LogP contribution in [0.2, 0.25) is 0 Å². The molecule has 2 atom stereocenters. The van der Waals surface area contributed by atoms with Crippen LogP contribution in [-0.2, 0) is 16.1 Å². The van der Waals surface area contributed by atoms with Gasteiger partial charge in [0.25, 0.3) is 0 Å². The van der Waals surface area contributed by atoms with E-state index in [0.717, 1.165) is 19.4 Å². The number of thioether (sulfide) groups is 1. The average molecular weight is 357 g/mol. The Kier molecular flexibility index (Phi) is 4.23. The first-order valence-electron chi connectivity index (χ1n) is 8.86. The zero-order valence-electron chi connectivity index (χ0n) is 14.4. The molecule has 0 spiro atoms. The maximum Gasteiger partial charge on any atom is 0.243 e. The van der Waals surface area contributed by atoms with Crippen LogP contribution >= 0.6 is 11.8 Å². The first kappa shape index (κ1) is 16.5. The molecule has 5 nitrogen and oxygen atoms in total. The number of carbonyl (C=O) groups excluding carboxylic acids is 2.